The van der Waals surface area contributed by atoms with Crippen LogP contribution in [0.25, 0.3) is 0 Å². The molecule has 0 aromatic carbocycles. The minimum atomic E-state index is -0.466. The zero-order valence-corrected chi connectivity index (χ0v) is 11.3. The molecular formula is C14H25N3O. The van der Waals surface area contributed by atoms with Gasteiger partial charge in [-0.15, -0.1) is 0 Å². The fourth-order valence-corrected chi connectivity index (χ4v) is 2.92. The van der Waals surface area contributed by atoms with Crippen molar-refractivity contribution in [3.63, 3.8) is 0 Å². The quantitative estimate of drug-likeness (QED) is 0.758. The topological polar surface area (TPSA) is 50.1 Å². The van der Waals surface area contributed by atoms with Crippen LogP contribution in [0, 0.1) is 5.92 Å². The van der Waals surface area contributed by atoms with E-state index in [1.165, 1.54) is 6.42 Å². The minimum Gasteiger partial charge on any atom is -0.389 e. The van der Waals surface area contributed by atoms with E-state index < -0.39 is 5.60 Å². The highest BCUT2D eigenvalue weighted by Crippen LogP contribution is 2.31. The molecule has 0 radical (unpaired) electrons. The maximum absolute atomic E-state index is 10.4. The van der Waals surface area contributed by atoms with Gasteiger partial charge in [-0.2, -0.15) is 0 Å². The summed E-state index contributed by atoms with van der Waals surface area (Å²) in [5.41, 5.74) is -0.466. The van der Waals surface area contributed by atoms with Crippen molar-refractivity contribution in [3.05, 3.63) is 18.7 Å². The fraction of sp³-hybridized carbons (Fsp3) is 0.786. The Kier molecular flexibility index (Phi) is 4.78. The molecule has 1 heterocycles. The first-order valence-electron chi connectivity index (χ1n) is 7.07. The van der Waals surface area contributed by atoms with Crippen molar-refractivity contribution in [1.82, 2.24) is 14.9 Å². The van der Waals surface area contributed by atoms with Gasteiger partial charge in [-0.05, 0) is 31.7 Å². The van der Waals surface area contributed by atoms with Gasteiger partial charge in [0, 0.05) is 25.5 Å². The minimum absolute atomic E-state index is 0.466. The first-order valence-corrected chi connectivity index (χ1v) is 7.07. The van der Waals surface area contributed by atoms with Gasteiger partial charge in [0.15, 0.2) is 0 Å². The molecular weight excluding hydrogens is 226 g/mol. The van der Waals surface area contributed by atoms with Crippen LogP contribution in [-0.4, -0.2) is 33.3 Å². The Balaban J connectivity index is 1.60. The van der Waals surface area contributed by atoms with Crippen molar-refractivity contribution in [2.45, 2.75) is 51.2 Å². The zero-order chi connectivity index (χ0) is 12.8. The van der Waals surface area contributed by atoms with Crippen LogP contribution in [0.15, 0.2) is 18.7 Å². The Hall–Kier alpha value is -0.870. The molecule has 1 fully saturated rings. The summed E-state index contributed by atoms with van der Waals surface area (Å²) >= 11 is 0. The molecule has 1 aliphatic rings. The molecule has 2 unspecified atom stereocenters. The van der Waals surface area contributed by atoms with Gasteiger partial charge in [0.25, 0.3) is 0 Å². The third-order valence-electron chi connectivity index (χ3n) is 3.85. The molecule has 1 saturated carbocycles. The van der Waals surface area contributed by atoms with E-state index in [4.69, 9.17) is 0 Å². The van der Waals surface area contributed by atoms with E-state index in [1.54, 1.807) is 6.20 Å². The van der Waals surface area contributed by atoms with Gasteiger partial charge in [-0.1, -0.05) is 19.8 Å². The van der Waals surface area contributed by atoms with Crippen LogP contribution in [0.2, 0.25) is 0 Å². The summed E-state index contributed by atoms with van der Waals surface area (Å²) in [6.45, 7) is 4.92. The van der Waals surface area contributed by atoms with E-state index in [0.29, 0.717) is 5.92 Å². The van der Waals surface area contributed by atoms with Crippen LogP contribution >= 0.6 is 0 Å². The van der Waals surface area contributed by atoms with E-state index in [9.17, 15) is 5.11 Å². The van der Waals surface area contributed by atoms with Gasteiger partial charge in [-0.25, -0.2) is 4.98 Å². The van der Waals surface area contributed by atoms with Gasteiger partial charge in [0.2, 0.25) is 0 Å². The molecule has 0 saturated heterocycles. The van der Waals surface area contributed by atoms with Crippen molar-refractivity contribution in [2.24, 2.45) is 5.92 Å². The number of hydrogen-bond donors (Lipinski definition) is 2. The number of imidazole rings is 1. The number of nitrogens with one attached hydrogen (secondary N) is 1. The fourth-order valence-electron chi connectivity index (χ4n) is 2.92. The van der Waals surface area contributed by atoms with Crippen LogP contribution in [-0.2, 0) is 6.54 Å². The van der Waals surface area contributed by atoms with E-state index >= 15 is 0 Å². The van der Waals surface area contributed by atoms with Crippen LogP contribution in [0.3, 0.4) is 0 Å². The molecule has 0 bridgehead atoms. The second-order valence-electron chi connectivity index (χ2n) is 5.76. The standard InChI is InChI=1S/C14H25N3O/c1-13-4-2-5-14(18,10-13)11-15-6-3-8-17-9-7-16-12-17/h7,9,12-13,15,18H,2-6,8,10-11H2,1H3. The maximum Gasteiger partial charge on any atom is 0.0945 e. The normalized spacial score (nSPS) is 28.4. The van der Waals surface area contributed by atoms with E-state index in [2.05, 4.69) is 21.8 Å². The molecule has 0 amide bonds. The highest BCUT2D eigenvalue weighted by atomic mass is 16.3. The molecule has 1 aliphatic carbocycles. The van der Waals surface area contributed by atoms with Crippen molar-refractivity contribution >= 4 is 0 Å². The molecule has 2 atom stereocenters. The second-order valence-corrected chi connectivity index (χ2v) is 5.76. The summed E-state index contributed by atoms with van der Waals surface area (Å²) in [5.74, 6) is 0.663. The van der Waals surface area contributed by atoms with Crippen molar-refractivity contribution < 1.29 is 5.11 Å². The van der Waals surface area contributed by atoms with Crippen molar-refractivity contribution in [3.8, 4) is 0 Å². The number of aryl methyl sites for hydroxylation is 1. The van der Waals surface area contributed by atoms with Gasteiger partial charge < -0.3 is 15.0 Å². The van der Waals surface area contributed by atoms with E-state index in [-0.39, 0.29) is 0 Å². The van der Waals surface area contributed by atoms with E-state index in [0.717, 1.165) is 45.3 Å². The summed E-state index contributed by atoms with van der Waals surface area (Å²) < 4.78 is 2.08. The Morgan fingerprint density at radius 2 is 2.44 bits per heavy atom. The van der Waals surface area contributed by atoms with Crippen molar-refractivity contribution in [2.75, 3.05) is 13.1 Å². The van der Waals surface area contributed by atoms with Gasteiger partial charge >= 0.3 is 0 Å². The number of aromatic nitrogens is 2. The van der Waals surface area contributed by atoms with Crippen LogP contribution in [0.5, 0.6) is 0 Å². The Morgan fingerprint density at radius 1 is 1.56 bits per heavy atom. The third kappa shape index (κ3) is 4.10. The van der Waals surface area contributed by atoms with Crippen LogP contribution < -0.4 is 5.32 Å². The molecule has 2 rings (SSSR count). The largest absolute Gasteiger partial charge is 0.389 e. The van der Waals surface area contributed by atoms with Gasteiger partial charge in [0.1, 0.15) is 0 Å². The van der Waals surface area contributed by atoms with E-state index in [1.807, 2.05) is 12.5 Å². The lowest BCUT2D eigenvalue weighted by Gasteiger charge is -2.35. The highest BCUT2D eigenvalue weighted by molar-refractivity contribution is 4.86. The molecule has 2 N–H and O–H groups in total. The monoisotopic (exact) mass is 251 g/mol. The summed E-state index contributed by atoms with van der Waals surface area (Å²) in [5, 5.41) is 13.8. The lowest BCUT2D eigenvalue weighted by molar-refractivity contribution is -0.0116. The first kappa shape index (κ1) is 13.6. The number of nitrogens with zero attached hydrogens (tertiary/aromatic N) is 2. The van der Waals surface area contributed by atoms with Crippen LogP contribution in [0.4, 0.5) is 0 Å². The Bertz CT molecular complexity index is 339. The first-order chi connectivity index (χ1) is 8.68. The number of hydrogen-bond acceptors (Lipinski definition) is 3. The number of aliphatic hydroxyl groups is 1. The van der Waals surface area contributed by atoms with Gasteiger partial charge in [-0.3, -0.25) is 0 Å². The Labute approximate surface area is 109 Å². The highest BCUT2D eigenvalue weighted by Gasteiger charge is 2.31. The SMILES string of the molecule is CC1CCCC(O)(CNCCCn2ccnc2)C1. The van der Waals surface area contributed by atoms with Gasteiger partial charge in [0.05, 0.1) is 11.9 Å². The third-order valence-corrected chi connectivity index (χ3v) is 3.85. The molecule has 4 nitrogen and oxygen atoms in total. The smallest absolute Gasteiger partial charge is 0.0945 e. The average molecular weight is 251 g/mol. The van der Waals surface area contributed by atoms with Crippen molar-refractivity contribution in [1.29, 1.82) is 0 Å². The predicted molar refractivity (Wildman–Crippen MR) is 72.3 cm³/mol. The zero-order valence-electron chi connectivity index (χ0n) is 11.3. The molecule has 18 heavy (non-hydrogen) atoms. The summed E-state index contributed by atoms with van der Waals surface area (Å²) in [7, 11) is 0. The lowest BCUT2D eigenvalue weighted by Crippen LogP contribution is -2.44. The second kappa shape index (κ2) is 6.34. The molecule has 102 valence electrons. The molecule has 4 heteroatoms. The molecule has 1 aromatic rings. The van der Waals surface area contributed by atoms with Crippen LogP contribution in [0.1, 0.15) is 39.0 Å². The average Bonchev–Trinajstić information content (AvgIpc) is 2.81. The molecule has 0 spiro atoms. The summed E-state index contributed by atoms with van der Waals surface area (Å²) in [6, 6.07) is 0. The Morgan fingerprint density at radius 3 is 3.17 bits per heavy atom. The molecule has 1 aromatic heterocycles. The molecule has 0 aliphatic heterocycles. The number of rotatable bonds is 6. The summed E-state index contributed by atoms with van der Waals surface area (Å²) in [6.07, 6.45) is 11.0. The summed E-state index contributed by atoms with van der Waals surface area (Å²) in [4.78, 5) is 4.02. The lowest BCUT2D eigenvalue weighted by atomic mass is 9.79. The maximum atomic E-state index is 10.4. The predicted octanol–water partition coefficient (Wildman–Crippen LogP) is 1.80.